The van der Waals surface area contributed by atoms with Crippen molar-refractivity contribution in [3.8, 4) is 11.3 Å². The number of hydrogen-bond acceptors (Lipinski definition) is 5. The lowest BCUT2D eigenvalue weighted by molar-refractivity contribution is -0.118. The summed E-state index contributed by atoms with van der Waals surface area (Å²) in [5, 5.41) is 0.101. The molecule has 0 saturated heterocycles. The van der Waals surface area contributed by atoms with Crippen molar-refractivity contribution >= 4 is 28.7 Å². The van der Waals surface area contributed by atoms with Gasteiger partial charge >= 0.3 is 5.69 Å². The molecule has 3 aromatic rings. The summed E-state index contributed by atoms with van der Waals surface area (Å²) in [5.41, 5.74) is 5.19. The lowest BCUT2D eigenvalue weighted by Crippen LogP contribution is -2.40. The van der Waals surface area contributed by atoms with E-state index in [1.165, 1.54) is 11.6 Å². The first-order valence-electron chi connectivity index (χ1n) is 7.91. The minimum atomic E-state index is -0.575. The van der Waals surface area contributed by atoms with E-state index in [4.69, 9.17) is 17.3 Å². The fourth-order valence-corrected chi connectivity index (χ4v) is 2.89. The molecule has 0 atom stereocenters. The Balaban J connectivity index is 2.20. The first-order chi connectivity index (χ1) is 12.4. The fraction of sp³-hybridized carbons (Fsp3) is 0.235. The predicted molar refractivity (Wildman–Crippen MR) is 97.9 cm³/mol. The van der Waals surface area contributed by atoms with Crippen LogP contribution in [0.3, 0.4) is 0 Å². The van der Waals surface area contributed by atoms with Crippen LogP contribution < -0.4 is 17.0 Å². The molecule has 0 aliphatic carbocycles. The van der Waals surface area contributed by atoms with Gasteiger partial charge in [-0.1, -0.05) is 41.9 Å². The quantitative estimate of drug-likeness (QED) is 0.718. The summed E-state index contributed by atoms with van der Waals surface area (Å²) in [7, 11) is 1.49. The van der Waals surface area contributed by atoms with Gasteiger partial charge in [-0.05, 0) is 6.42 Å². The fourth-order valence-electron chi connectivity index (χ4n) is 2.66. The van der Waals surface area contributed by atoms with Crippen LogP contribution in [0.15, 0.2) is 39.9 Å². The van der Waals surface area contributed by atoms with Crippen LogP contribution in [0.1, 0.15) is 12.8 Å². The van der Waals surface area contributed by atoms with E-state index >= 15 is 0 Å². The van der Waals surface area contributed by atoms with Gasteiger partial charge < -0.3 is 5.73 Å². The zero-order valence-electron chi connectivity index (χ0n) is 14.0. The number of halogens is 1. The molecule has 0 radical (unpaired) electrons. The third-order valence-electron chi connectivity index (χ3n) is 3.97. The van der Waals surface area contributed by atoms with Crippen molar-refractivity contribution in [1.82, 2.24) is 19.1 Å². The number of carbonyl (C=O) groups is 1. The van der Waals surface area contributed by atoms with Gasteiger partial charge in [0.2, 0.25) is 5.91 Å². The topological polar surface area (TPSA) is 113 Å². The molecule has 2 heterocycles. The van der Waals surface area contributed by atoms with Crippen LogP contribution in [0.5, 0.6) is 0 Å². The summed E-state index contributed by atoms with van der Waals surface area (Å²) in [6.07, 6.45) is 0.359. The van der Waals surface area contributed by atoms with Crippen molar-refractivity contribution < 1.29 is 4.79 Å². The number of aryl methyl sites for hydroxylation is 1. The SMILES string of the molecule is Cn1c(=O)n(CCCC(N)=O)c(=O)c2nc(-c3ccccc3)c(Cl)nc21. The molecule has 0 unspecified atom stereocenters. The van der Waals surface area contributed by atoms with Crippen molar-refractivity contribution in [3.05, 3.63) is 56.3 Å². The second-order valence-corrected chi connectivity index (χ2v) is 6.13. The second-order valence-electron chi connectivity index (χ2n) is 5.77. The molecular weight excluding hydrogens is 358 g/mol. The Morgan fingerprint density at radius 1 is 1.19 bits per heavy atom. The van der Waals surface area contributed by atoms with E-state index in [1.54, 1.807) is 12.1 Å². The molecular formula is C17H16ClN5O3. The summed E-state index contributed by atoms with van der Waals surface area (Å²) in [4.78, 5) is 44.7. The van der Waals surface area contributed by atoms with Crippen molar-refractivity contribution in [2.24, 2.45) is 12.8 Å². The average Bonchev–Trinajstić information content (AvgIpc) is 2.63. The predicted octanol–water partition coefficient (Wildman–Crippen LogP) is 1.08. The van der Waals surface area contributed by atoms with E-state index in [1.807, 2.05) is 18.2 Å². The van der Waals surface area contributed by atoms with Crippen LogP contribution in [-0.2, 0) is 18.4 Å². The number of rotatable bonds is 5. The van der Waals surface area contributed by atoms with Crippen LogP contribution in [-0.4, -0.2) is 25.0 Å². The Morgan fingerprint density at radius 3 is 2.54 bits per heavy atom. The number of carbonyl (C=O) groups excluding carboxylic acids is 1. The van der Waals surface area contributed by atoms with Crippen LogP contribution in [0.25, 0.3) is 22.4 Å². The standard InChI is InChI=1S/C17H16ClN5O3/c1-22-15-13(16(25)23(17(22)26)9-5-8-11(19)24)20-12(14(18)21-15)10-6-3-2-4-7-10/h2-4,6-7H,5,8-9H2,1H3,(H2,19,24). The van der Waals surface area contributed by atoms with Crippen molar-refractivity contribution in [1.29, 1.82) is 0 Å². The molecule has 8 nitrogen and oxygen atoms in total. The molecule has 2 N–H and O–H groups in total. The average molecular weight is 374 g/mol. The van der Waals surface area contributed by atoms with Crippen LogP contribution in [0.4, 0.5) is 0 Å². The highest BCUT2D eigenvalue weighted by Gasteiger charge is 2.17. The first kappa shape index (κ1) is 17.8. The Bertz CT molecular complexity index is 1110. The van der Waals surface area contributed by atoms with Gasteiger partial charge in [0.25, 0.3) is 5.56 Å². The molecule has 1 amide bonds. The zero-order valence-corrected chi connectivity index (χ0v) is 14.7. The minimum Gasteiger partial charge on any atom is -0.370 e. The first-order valence-corrected chi connectivity index (χ1v) is 8.28. The third kappa shape index (κ3) is 3.23. The van der Waals surface area contributed by atoms with Gasteiger partial charge in [0.15, 0.2) is 16.3 Å². The van der Waals surface area contributed by atoms with E-state index < -0.39 is 17.2 Å². The van der Waals surface area contributed by atoms with Crippen molar-refractivity contribution in [2.75, 3.05) is 0 Å². The number of benzene rings is 1. The highest BCUT2D eigenvalue weighted by atomic mass is 35.5. The highest BCUT2D eigenvalue weighted by molar-refractivity contribution is 6.32. The summed E-state index contributed by atoms with van der Waals surface area (Å²) in [6.45, 7) is 0.0648. The Kier molecular flexibility index (Phi) is 4.85. The maximum atomic E-state index is 12.8. The lowest BCUT2D eigenvalue weighted by Gasteiger charge is -2.11. The Morgan fingerprint density at radius 2 is 1.88 bits per heavy atom. The number of hydrogen-bond donors (Lipinski definition) is 1. The molecule has 26 heavy (non-hydrogen) atoms. The molecule has 0 saturated carbocycles. The molecule has 0 fully saturated rings. The lowest BCUT2D eigenvalue weighted by atomic mass is 10.1. The number of nitrogens with two attached hydrogens (primary N) is 1. The van der Waals surface area contributed by atoms with Gasteiger partial charge in [0.1, 0.15) is 5.69 Å². The van der Waals surface area contributed by atoms with Gasteiger partial charge in [-0.15, -0.1) is 0 Å². The van der Waals surface area contributed by atoms with E-state index in [0.29, 0.717) is 11.3 Å². The monoisotopic (exact) mass is 373 g/mol. The summed E-state index contributed by atoms with van der Waals surface area (Å²) < 4.78 is 2.25. The van der Waals surface area contributed by atoms with Crippen LogP contribution >= 0.6 is 11.6 Å². The van der Waals surface area contributed by atoms with Crippen molar-refractivity contribution in [3.63, 3.8) is 0 Å². The molecule has 0 bridgehead atoms. The summed E-state index contributed by atoms with van der Waals surface area (Å²) in [6, 6.07) is 9.09. The number of amides is 1. The molecule has 9 heteroatoms. The van der Waals surface area contributed by atoms with Gasteiger partial charge in [-0.2, -0.15) is 0 Å². The van der Waals surface area contributed by atoms with E-state index in [2.05, 4.69) is 9.97 Å². The molecule has 0 aliphatic rings. The van der Waals surface area contributed by atoms with Crippen molar-refractivity contribution in [2.45, 2.75) is 19.4 Å². The van der Waals surface area contributed by atoms with Gasteiger partial charge in [0, 0.05) is 25.6 Å². The minimum absolute atomic E-state index is 0.0365. The number of fused-ring (bicyclic) bond motifs is 1. The number of primary amides is 1. The normalized spacial score (nSPS) is 11.0. The summed E-state index contributed by atoms with van der Waals surface area (Å²) >= 11 is 6.22. The smallest absolute Gasteiger partial charge is 0.332 e. The Labute approximate surface area is 152 Å². The summed E-state index contributed by atoms with van der Waals surface area (Å²) in [5.74, 6) is -0.492. The third-order valence-corrected chi connectivity index (χ3v) is 4.23. The second kappa shape index (κ2) is 7.09. The zero-order chi connectivity index (χ0) is 18.8. The van der Waals surface area contributed by atoms with Gasteiger partial charge in [-0.3, -0.25) is 18.7 Å². The van der Waals surface area contributed by atoms with E-state index in [0.717, 1.165) is 4.57 Å². The van der Waals surface area contributed by atoms with Crippen LogP contribution in [0.2, 0.25) is 5.15 Å². The van der Waals surface area contributed by atoms with E-state index in [-0.39, 0.29) is 35.7 Å². The molecule has 3 rings (SSSR count). The number of aromatic nitrogens is 4. The molecule has 0 aliphatic heterocycles. The van der Waals surface area contributed by atoms with Crippen LogP contribution in [0, 0.1) is 0 Å². The Hall–Kier alpha value is -3.00. The number of nitrogens with zero attached hydrogens (tertiary/aromatic N) is 4. The maximum Gasteiger partial charge on any atom is 0.332 e. The van der Waals surface area contributed by atoms with Gasteiger partial charge in [-0.25, -0.2) is 14.8 Å². The van der Waals surface area contributed by atoms with Gasteiger partial charge in [0.05, 0.1) is 0 Å². The molecule has 134 valence electrons. The largest absolute Gasteiger partial charge is 0.370 e. The highest BCUT2D eigenvalue weighted by Crippen LogP contribution is 2.25. The molecule has 2 aromatic heterocycles. The maximum absolute atomic E-state index is 12.8. The molecule has 0 spiro atoms. The molecule has 1 aromatic carbocycles. The van der Waals surface area contributed by atoms with E-state index in [9.17, 15) is 14.4 Å².